The highest BCUT2D eigenvalue weighted by Crippen LogP contribution is 2.30. The van der Waals surface area contributed by atoms with Gasteiger partial charge < -0.3 is 14.8 Å². The molecule has 0 bridgehead atoms. The average Bonchev–Trinajstić information content (AvgIpc) is 3.16. The molecule has 27 heavy (non-hydrogen) atoms. The van der Waals surface area contributed by atoms with Gasteiger partial charge in [-0.2, -0.15) is 0 Å². The molecule has 0 unspecified atom stereocenters. The third-order valence-electron chi connectivity index (χ3n) is 5.92. The van der Waals surface area contributed by atoms with Crippen LogP contribution in [0.25, 0.3) is 0 Å². The second-order valence-electron chi connectivity index (χ2n) is 7.57. The first-order valence-electron chi connectivity index (χ1n) is 9.84. The minimum atomic E-state index is -0.261. The van der Waals surface area contributed by atoms with Crippen molar-refractivity contribution in [3.05, 3.63) is 47.3 Å². The maximum Gasteiger partial charge on any atom is 0.318 e. The SMILES string of the molecule is C[C@@H]1c2cc(F)ccc2CCN1C(=O)NCc1nncn1C1CCCCC1. The van der Waals surface area contributed by atoms with Crippen molar-refractivity contribution in [1.29, 1.82) is 0 Å². The summed E-state index contributed by atoms with van der Waals surface area (Å²) in [4.78, 5) is 14.5. The zero-order chi connectivity index (χ0) is 18.8. The first kappa shape index (κ1) is 17.9. The standard InChI is InChI=1S/C20H26FN5O/c1-14-18-11-16(21)8-7-15(18)9-10-25(14)20(27)22-12-19-24-23-13-26(19)17-5-3-2-4-6-17/h7-8,11,13-14,17H,2-6,9-10,12H2,1H3,(H,22,27)/t14-/m1/s1. The van der Waals surface area contributed by atoms with Gasteiger partial charge in [-0.15, -0.1) is 10.2 Å². The van der Waals surface area contributed by atoms with Crippen molar-refractivity contribution >= 4 is 6.03 Å². The number of rotatable bonds is 3. The molecule has 2 heterocycles. The molecule has 1 atom stereocenters. The fourth-order valence-corrected chi connectivity index (χ4v) is 4.38. The van der Waals surface area contributed by atoms with Crippen molar-refractivity contribution in [2.75, 3.05) is 6.54 Å². The van der Waals surface area contributed by atoms with E-state index in [1.54, 1.807) is 17.3 Å². The molecule has 1 fully saturated rings. The molecule has 6 nitrogen and oxygen atoms in total. The largest absolute Gasteiger partial charge is 0.331 e. The van der Waals surface area contributed by atoms with E-state index in [1.807, 2.05) is 13.0 Å². The van der Waals surface area contributed by atoms with Gasteiger partial charge in [-0.25, -0.2) is 9.18 Å². The van der Waals surface area contributed by atoms with E-state index in [-0.39, 0.29) is 17.9 Å². The zero-order valence-corrected chi connectivity index (χ0v) is 15.7. The van der Waals surface area contributed by atoms with Gasteiger partial charge in [0, 0.05) is 12.6 Å². The van der Waals surface area contributed by atoms with Crippen LogP contribution in [0, 0.1) is 5.82 Å². The molecule has 1 aromatic carbocycles. The number of hydrogen-bond acceptors (Lipinski definition) is 3. The topological polar surface area (TPSA) is 63.1 Å². The summed E-state index contributed by atoms with van der Waals surface area (Å²) in [6.45, 7) is 2.93. The lowest BCUT2D eigenvalue weighted by Gasteiger charge is -2.35. The van der Waals surface area contributed by atoms with Crippen molar-refractivity contribution in [3.8, 4) is 0 Å². The number of hydrogen-bond donors (Lipinski definition) is 1. The third kappa shape index (κ3) is 3.68. The minimum absolute atomic E-state index is 0.143. The highest BCUT2D eigenvalue weighted by Gasteiger charge is 2.28. The fourth-order valence-electron chi connectivity index (χ4n) is 4.38. The van der Waals surface area contributed by atoms with E-state index in [0.717, 1.165) is 36.2 Å². The van der Waals surface area contributed by atoms with Crippen LogP contribution in [0.3, 0.4) is 0 Å². The molecule has 144 valence electrons. The maximum atomic E-state index is 13.6. The van der Waals surface area contributed by atoms with Gasteiger partial charge in [-0.1, -0.05) is 25.3 Å². The van der Waals surface area contributed by atoms with E-state index in [4.69, 9.17) is 0 Å². The van der Waals surface area contributed by atoms with Crippen LogP contribution in [0.4, 0.5) is 9.18 Å². The van der Waals surface area contributed by atoms with Crippen molar-refractivity contribution in [2.45, 2.75) is 64.1 Å². The molecular formula is C20H26FN5O. The maximum absolute atomic E-state index is 13.6. The monoisotopic (exact) mass is 371 g/mol. The Morgan fingerprint density at radius 2 is 2.11 bits per heavy atom. The summed E-state index contributed by atoms with van der Waals surface area (Å²) in [5.41, 5.74) is 2.01. The summed E-state index contributed by atoms with van der Waals surface area (Å²) in [5, 5.41) is 11.2. The first-order chi connectivity index (χ1) is 13.1. The molecule has 1 saturated carbocycles. The Morgan fingerprint density at radius 1 is 1.30 bits per heavy atom. The Labute approximate surface area is 158 Å². The number of nitrogens with one attached hydrogen (secondary N) is 1. The summed E-state index contributed by atoms with van der Waals surface area (Å²) < 4.78 is 15.7. The van der Waals surface area contributed by atoms with Gasteiger partial charge in [0.25, 0.3) is 0 Å². The second-order valence-corrected chi connectivity index (χ2v) is 7.57. The number of nitrogens with zero attached hydrogens (tertiary/aromatic N) is 4. The van der Waals surface area contributed by atoms with Gasteiger partial charge in [0.1, 0.15) is 12.1 Å². The highest BCUT2D eigenvalue weighted by molar-refractivity contribution is 5.75. The molecule has 0 radical (unpaired) electrons. The molecule has 1 N–H and O–H groups in total. The number of benzene rings is 1. The number of halogens is 1. The van der Waals surface area contributed by atoms with Crippen LogP contribution in [-0.2, 0) is 13.0 Å². The number of carbonyl (C=O) groups is 1. The number of urea groups is 1. The highest BCUT2D eigenvalue weighted by atomic mass is 19.1. The molecule has 0 spiro atoms. The predicted octanol–water partition coefficient (Wildman–Crippen LogP) is 3.75. The van der Waals surface area contributed by atoms with Crippen LogP contribution in [-0.4, -0.2) is 32.2 Å². The van der Waals surface area contributed by atoms with Crippen LogP contribution < -0.4 is 5.32 Å². The molecule has 1 aliphatic carbocycles. The molecule has 4 rings (SSSR count). The normalized spacial score (nSPS) is 20.4. The minimum Gasteiger partial charge on any atom is -0.331 e. The van der Waals surface area contributed by atoms with E-state index < -0.39 is 0 Å². The summed E-state index contributed by atoms with van der Waals surface area (Å²) in [7, 11) is 0. The van der Waals surface area contributed by atoms with Crippen LogP contribution in [0.1, 0.15) is 68.1 Å². The third-order valence-corrected chi connectivity index (χ3v) is 5.92. The van der Waals surface area contributed by atoms with Crippen molar-refractivity contribution in [2.24, 2.45) is 0 Å². The first-order valence-corrected chi connectivity index (χ1v) is 9.84. The fraction of sp³-hybridized carbons (Fsp3) is 0.550. The molecular weight excluding hydrogens is 345 g/mol. The smallest absolute Gasteiger partial charge is 0.318 e. The Morgan fingerprint density at radius 3 is 2.93 bits per heavy atom. The Hall–Kier alpha value is -2.44. The van der Waals surface area contributed by atoms with Crippen LogP contribution in [0.15, 0.2) is 24.5 Å². The Kier molecular flexibility index (Phi) is 5.09. The van der Waals surface area contributed by atoms with E-state index >= 15 is 0 Å². The lowest BCUT2D eigenvalue weighted by molar-refractivity contribution is 0.173. The van der Waals surface area contributed by atoms with Gasteiger partial charge in [-0.05, 0) is 49.4 Å². The van der Waals surface area contributed by atoms with Gasteiger partial charge in [0.15, 0.2) is 5.82 Å². The lowest BCUT2D eigenvalue weighted by atomic mass is 9.94. The second kappa shape index (κ2) is 7.66. The quantitative estimate of drug-likeness (QED) is 0.894. The van der Waals surface area contributed by atoms with Gasteiger partial charge in [-0.3, -0.25) is 0 Å². The van der Waals surface area contributed by atoms with Crippen LogP contribution in [0.5, 0.6) is 0 Å². The summed E-state index contributed by atoms with van der Waals surface area (Å²) >= 11 is 0. The predicted molar refractivity (Wildman–Crippen MR) is 99.6 cm³/mol. The summed E-state index contributed by atoms with van der Waals surface area (Å²) in [5.74, 6) is 0.537. The van der Waals surface area contributed by atoms with Crippen molar-refractivity contribution in [1.82, 2.24) is 25.0 Å². The molecule has 7 heteroatoms. The summed E-state index contributed by atoms with van der Waals surface area (Å²) in [6, 6.07) is 4.99. The van der Waals surface area contributed by atoms with Gasteiger partial charge in [0.2, 0.25) is 0 Å². The average molecular weight is 371 g/mol. The number of fused-ring (bicyclic) bond motifs is 1. The van der Waals surface area contributed by atoms with Gasteiger partial charge in [0.05, 0.1) is 12.6 Å². The molecule has 2 aromatic rings. The zero-order valence-electron chi connectivity index (χ0n) is 15.7. The Balaban J connectivity index is 1.41. The van der Waals surface area contributed by atoms with E-state index in [1.165, 1.54) is 25.3 Å². The molecule has 0 saturated heterocycles. The van der Waals surface area contributed by atoms with Crippen LogP contribution in [0.2, 0.25) is 0 Å². The van der Waals surface area contributed by atoms with Gasteiger partial charge >= 0.3 is 6.03 Å². The van der Waals surface area contributed by atoms with E-state index in [2.05, 4.69) is 20.1 Å². The summed E-state index contributed by atoms with van der Waals surface area (Å²) in [6.07, 6.45) is 8.56. The number of amides is 2. The molecule has 1 aromatic heterocycles. The molecule has 2 aliphatic rings. The molecule has 2 amide bonds. The Bertz CT molecular complexity index is 814. The number of carbonyl (C=O) groups excluding carboxylic acids is 1. The van der Waals surface area contributed by atoms with E-state index in [0.29, 0.717) is 19.1 Å². The van der Waals surface area contributed by atoms with Crippen molar-refractivity contribution < 1.29 is 9.18 Å². The van der Waals surface area contributed by atoms with Crippen molar-refractivity contribution in [3.63, 3.8) is 0 Å². The number of aromatic nitrogens is 3. The lowest BCUT2D eigenvalue weighted by Crippen LogP contribution is -2.44. The van der Waals surface area contributed by atoms with E-state index in [9.17, 15) is 9.18 Å². The van der Waals surface area contributed by atoms with Crippen LogP contribution >= 0.6 is 0 Å². The molecule has 1 aliphatic heterocycles.